The molecule has 1 fully saturated rings. The van der Waals surface area contributed by atoms with Gasteiger partial charge in [-0.2, -0.15) is 0 Å². The predicted molar refractivity (Wildman–Crippen MR) is 77.2 cm³/mol. The van der Waals surface area contributed by atoms with Crippen LogP contribution in [0.15, 0.2) is 30.3 Å². The number of aryl methyl sites for hydroxylation is 1. The Morgan fingerprint density at radius 2 is 2.06 bits per heavy atom. The van der Waals surface area contributed by atoms with Crippen molar-refractivity contribution in [2.24, 2.45) is 5.92 Å². The number of benzene rings is 1. The van der Waals surface area contributed by atoms with Crippen molar-refractivity contribution < 1.29 is 4.79 Å². The number of rotatable bonds is 5. The van der Waals surface area contributed by atoms with Crippen molar-refractivity contribution in [1.29, 1.82) is 0 Å². The first-order valence-corrected chi connectivity index (χ1v) is 6.63. The van der Waals surface area contributed by atoms with E-state index in [0.717, 1.165) is 45.2 Å². The lowest BCUT2D eigenvalue weighted by atomic mass is 9.92. The van der Waals surface area contributed by atoms with Crippen LogP contribution in [0, 0.1) is 5.92 Å². The molecule has 1 aliphatic heterocycles. The maximum atomic E-state index is 11.9. The highest BCUT2D eigenvalue weighted by Crippen LogP contribution is 2.15. The van der Waals surface area contributed by atoms with E-state index in [2.05, 4.69) is 29.6 Å². The lowest BCUT2D eigenvalue weighted by Gasteiger charge is -2.21. The van der Waals surface area contributed by atoms with Crippen molar-refractivity contribution in [3.8, 4) is 0 Å². The predicted octanol–water partition coefficient (Wildman–Crippen LogP) is 3.00. The first-order valence-electron chi connectivity index (χ1n) is 6.63. The van der Waals surface area contributed by atoms with Crippen LogP contribution in [0.1, 0.15) is 31.2 Å². The van der Waals surface area contributed by atoms with Gasteiger partial charge in [0.05, 0.1) is 0 Å². The SMILES string of the molecule is Cl.O=C(CCCc1ccccc1)C1CCCNC1. The van der Waals surface area contributed by atoms with E-state index in [1.165, 1.54) is 5.56 Å². The van der Waals surface area contributed by atoms with Crippen LogP contribution in [0.4, 0.5) is 0 Å². The monoisotopic (exact) mass is 267 g/mol. The summed E-state index contributed by atoms with van der Waals surface area (Å²) in [5, 5.41) is 3.30. The molecule has 100 valence electrons. The quantitative estimate of drug-likeness (QED) is 0.889. The van der Waals surface area contributed by atoms with Crippen molar-refractivity contribution in [1.82, 2.24) is 5.32 Å². The third-order valence-electron chi connectivity index (χ3n) is 3.48. The Bertz CT molecular complexity index is 347. The second kappa shape index (κ2) is 8.28. The molecule has 1 saturated heterocycles. The van der Waals surface area contributed by atoms with Gasteiger partial charge in [-0.1, -0.05) is 30.3 Å². The van der Waals surface area contributed by atoms with E-state index in [1.54, 1.807) is 0 Å². The van der Waals surface area contributed by atoms with Crippen LogP contribution in [0.5, 0.6) is 0 Å². The molecule has 0 spiro atoms. The molecule has 1 N–H and O–H groups in total. The third kappa shape index (κ3) is 4.79. The summed E-state index contributed by atoms with van der Waals surface area (Å²) in [4.78, 5) is 11.9. The number of ketones is 1. The van der Waals surface area contributed by atoms with Gasteiger partial charge in [0.2, 0.25) is 0 Å². The molecule has 0 bridgehead atoms. The number of carbonyl (C=O) groups excluding carboxylic acids is 1. The fourth-order valence-corrected chi connectivity index (χ4v) is 2.44. The van der Waals surface area contributed by atoms with Gasteiger partial charge >= 0.3 is 0 Å². The Morgan fingerprint density at radius 3 is 2.72 bits per heavy atom. The molecule has 1 aromatic carbocycles. The van der Waals surface area contributed by atoms with Gasteiger partial charge in [0.1, 0.15) is 5.78 Å². The number of halogens is 1. The summed E-state index contributed by atoms with van der Waals surface area (Å²) in [6, 6.07) is 10.4. The zero-order valence-corrected chi connectivity index (χ0v) is 11.5. The smallest absolute Gasteiger partial charge is 0.137 e. The van der Waals surface area contributed by atoms with Gasteiger partial charge in [-0.25, -0.2) is 0 Å². The highest BCUT2D eigenvalue weighted by molar-refractivity contribution is 5.85. The number of piperidine rings is 1. The molecule has 2 rings (SSSR count). The van der Waals surface area contributed by atoms with Crippen LogP contribution >= 0.6 is 12.4 Å². The molecule has 1 aromatic rings. The molecule has 0 aliphatic carbocycles. The first-order chi connectivity index (χ1) is 8.36. The minimum Gasteiger partial charge on any atom is -0.316 e. The van der Waals surface area contributed by atoms with E-state index in [1.807, 2.05) is 6.07 Å². The normalized spacial score (nSPS) is 19.0. The molecule has 1 aliphatic rings. The molecular weight excluding hydrogens is 246 g/mol. The van der Waals surface area contributed by atoms with Gasteiger partial charge in [-0.3, -0.25) is 4.79 Å². The first kappa shape index (κ1) is 15.2. The third-order valence-corrected chi connectivity index (χ3v) is 3.48. The van der Waals surface area contributed by atoms with E-state index < -0.39 is 0 Å². The topological polar surface area (TPSA) is 29.1 Å². The summed E-state index contributed by atoms with van der Waals surface area (Å²) < 4.78 is 0. The highest BCUT2D eigenvalue weighted by atomic mass is 35.5. The molecule has 2 nitrogen and oxygen atoms in total. The molecular formula is C15H22ClNO. The van der Waals surface area contributed by atoms with Crippen molar-refractivity contribution in [2.75, 3.05) is 13.1 Å². The zero-order chi connectivity index (χ0) is 11.9. The van der Waals surface area contributed by atoms with Crippen molar-refractivity contribution >= 4 is 18.2 Å². The lowest BCUT2D eigenvalue weighted by molar-refractivity contribution is -0.123. The molecule has 1 unspecified atom stereocenters. The minimum absolute atomic E-state index is 0. The number of hydrogen-bond donors (Lipinski definition) is 1. The molecule has 0 saturated carbocycles. The summed E-state index contributed by atoms with van der Waals surface area (Å²) in [5.74, 6) is 0.729. The fraction of sp³-hybridized carbons (Fsp3) is 0.533. The summed E-state index contributed by atoms with van der Waals surface area (Å²) in [6.07, 6.45) is 4.97. The van der Waals surface area contributed by atoms with Crippen LogP contribution in [-0.4, -0.2) is 18.9 Å². The molecule has 0 aromatic heterocycles. The molecule has 18 heavy (non-hydrogen) atoms. The van der Waals surface area contributed by atoms with Gasteiger partial charge in [0, 0.05) is 18.9 Å². The Labute approximate surface area is 116 Å². The highest BCUT2D eigenvalue weighted by Gasteiger charge is 2.19. The van der Waals surface area contributed by atoms with E-state index in [0.29, 0.717) is 5.78 Å². The summed E-state index contributed by atoms with van der Waals surface area (Å²) in [6.45, 7) is 1.97. The number of nitrogens with one attached hydrogen (secondary N) is 1. The number of Topliss-reactive ketones (excluding diaryl/α,β-unsaturated/α-hetero) is 1. The van der Waals surface area contributed by atoms with Crippen molar-refractivity contribution in [3.05, 3.63) is 35.9 Å². The lowest BCUT2D eigenvalue weighted by Crippen LogP contribution is -2.34. The molecule has 1 heterocycles. The molecule has 0 radical (unpaired) electrons. The van der Waals surface area contributed by atoms with Gasteiger partial charge < -0.3 is 5.32 Å². The summed E-state index contributed by atoms with van der Waals surface area (Å²) >= 11 is 0. The Hall–Kier alpha value is -0.860. The largest absolute Gasteiger partial charge is 0.316 e. The molecule has 1 atom stereocenters. The second-order valence-corrected chi connectivity index (χ2v) is 4.85. The van der Waals surface area contributed by atoms with Gasteiger partial charge in [-0.05, 0) is 37.8 Å². The Kier molecular flexibility index (Phi) is 6.99. The maximum absolute atomic E-state index is 11.9. The standard InChI is InChI=1S/C15H21NO.ClH/c17-15(14-9-5-11-16-12-14)10-4-8-13-6-2-1-3-7-13;/h1-3,6-7,14,16H,4-5,8-12H2;1H. The minimum atomic E-state index is 0. The number of hydrogen-bond acceptors (Lipinski definition) is 2. The van der Waals surface area contributed by atoms with E-state index in [4.69, 9.17) is 0 Å². The second-order valence-electron chi connectivity index (χ2n) is 4.85. The van der Waals surface area contributed by atoms with E-state index in [-0.39, 0.29) is 18.3 Å². The van der Waals surface area contributed by atoms with Gasteiger partial charge in [0.15, 0.2) is 0 Å². The fourth-order valence-electron chi connectivity index (χ4n) is 2.44. The molecule has 3 heteroatoms. The van der Waals surface area contributed by atoms with Gasteiger partial charge in [0.25, 0.3) is 0 Å². The van der Waals surface area contributed by atoms with Crippen LogP contribution in [0.2, 0.25) is 0 Å². The van der Waals surface area contributed by atoms with Crippen LogP contribution in [0.25, 0.3) is 0 Å². The van der Waals surface area contributed by atoms with Gasteiger partial charge in [-0.15, -0.1) is 12.4 Å². The average Bonchev–Trinajstić information content (AvgIpc) is 2.41. The molecule has 0 amide bonds. The maximum Gasteiger partial charge on any atom is 0.137 e. The Balaban J connectivity index is 0.00000162. The van der Waals surface area contributed by atoms with Crippen molar-refractivity contribution in [3.63, 3.8) is 0 Å². The van der Waals surface area contributed by atoms with Crippen molar-refractivity contribution in [2.45, 2.75) is 32.1 Å². The average molecular weight is 268 g/mol. The summed E-state index contributed by atoms with van der Waals surface area (Å²) in [5.41, 5.74) is 1.34. The van der Waals surface area contributed by atoms with E-state index >= 15 is 0 Å². The zero-order valence-electron chi connectivity index (χ0n) is 10.7. The number of carbonyl (C=O) groups is 1. The van der Waals surface area contributed by atoms with Crippen LogP contribution in [-0.2, 0) is 11.2 Å². The van der Waals surface area contributed by atoms with Crippen LogP contribution < -0.4 is 5.32 Å². The summed E-state index contributed by atoms with van der Waals surface area (Å²) in [7, 11) is 0. The van der Waals surface area contributed by atoms with Crippen LogP contribution in [0.3, 0.4) is 0 Å². The Morgan fingerprint density at radius 1 is 1.28 bits per heavy atom. The van der Waals surface area contributed by atoms with E-state index in [9.17, 15) is 4.79 Å².